The van der Waals surface area contributed by atoms with Gasteiger partial charge in [-0.25, -0.2) is 0 Å². The van der Waals surface area contributed by atoms with Crippen LogP contribution >= 0.6 is 0 Å². The summed E-state index contributed by atoms with van der Waals surface area (Å²) < 4.78 is 6.15. The van der Waals surface area contributed by atoms with Crippen LogP contribution in [0.2, 0.25) is 0 Å². The molecule has 2 bridgehead atoms. The molecular formula is C24H32O3. The van der Waals surface area contributed by atoms with Crippen LogP contribution in [0.3, 0.4) is 0 Å². The number of allylic oxidation sites excluding steroid dienone is 3. The number of benzene rings is 1. The van der Waals surface area contributed by atoms with E-state index in [2.05, 4.69) is 31.2 Å². The fourth-order valence-corrected chi connectivity index (χ4v) is 4.32. The van der Waals surface area contributed by atoms with Gasteiger partial charge >= 0.3 is 0 Å². The zero-order chi connectivity index (χ0) is 19.2. The van der Waals surface area contributed by atoms with Gasteiger partial charge < -0.3 is 14.9 Å². The number of ether oxygens (including phenoxy) is 1. The zero-order valence-electron chi connectivity index (χ0n) is 16.4. The molecule has 1 aromatic rings. The van der Waals surface area contributed by atoms with Crippen LogP contribution in [-0.2, 0) is 4.74 Å². The maximum absolute atomic E-state index is 10.6. The van der Waals surface area contributed by atoms with Crippen LogP contribution in [0.4, 0.5) is 0 Å². The third-order valence-corrected chi connectivity index (χ3v) is 6.09. The number of hydrogen-bond donors (Lipinski definition) is 2. The molecule has 2 aliphatic heterocycles. The lowest BCUT2D eigenvalue weighted by Gasteiger charge is -2.25. The van der Waals surface area contributed by atoms with E-state index in [-0.39, 0.29) is 12.0 Å². The molecule has 0 aromatic heterocycles. The van der Waals surface area contributed by atoms with Crippen molar-refractivity contribution >= 4 is 0 Å². The van der Waals surface area contributed by atoms with Gasteiger partial charge in [-0.3, -0.25) is 0 Å². The van der Waals surface area contributed by atoms with Crippen LogP contribution in [0.15, 0.2) is 66.5 Å². The predicted molar refractivity (Wildman–Crippen MR) is 110 cm³/mol. The van der Waals surface area contributed by atoms with Crippen molar-refractivity contribution < 1.29 is 14.9 Å². The van der Waals surface area contributed by atoms with Crippen molar-refractivity contribution in [2.75, 3.05) is 0 Å². The lowest BCUT2D eigenvalue weighted by molar-refractivity contribution is 0.0899. The Labute approximate surface area is 163 Å². The minimum atomic E-state index is -0.491. The third-order valence-electron chi connectivity index (χ3n) is 6.09. The van der Waals surface area contributed by atoms with E-state index in [1.54, 1.807) is 6.08 Å². The first-order valence-corrected chi connectivity index (χ1v) is 10.2. The van der Waals surface area contributed by atoms with Gasteiger partial charge in [0.2, 0.25) is 0 Å². The highest BCUT2D eigenvalue weighted by molar-refractivity contribution is 5.22. The van der Waals surface area contributed by atoms with Crippen molar-refractivity contribution in [3.63, 3.8) is 0 Å². The van der Waals surface area contributed by atoms with Gasteiger partial charge in [0.05, 0.1) is 24.1 Å². The Morgan fingerprint density at radius 3 is 2.67 bits per heavy atom. The van der Waals surface area contributed by atoms with Crippen LogP contribution < -0.4 is 0 Å². The molecule has 2 unspecified atom stereocenters. The molecule has 146 valence electrons. The Bertz CT molecular complexity index is 676. The topological polar surface area (TPSA) is 49.7 Å². The van der Waals surface area contributed by atoms with E-state index in [0.29, 0.717) is 30.1 Å². The molecule has 3 rings (SSSR count). The number of aliphatic hydroxyl groups excluding tert-OH is 2. The molecule has 2 heterocycles. The molecule has 2 aliphatic rings. The molecule has 3 nitrogen and oxygen atoms in total. The van der Waals surface area contributed by atoms with Gasteiger partial charge in [0.15, 0.2) is 0 Å². The first-order valence-electron chi connectivity index (χ1n) is 10.2. The maximum atomic E-state index is 10.6. The highest BCUT2D eigenvalue weighted by Gasteiger charge is 2.46. The average Bonchev–Trinajstić information content (AvgIpc) is 3.31. The van der Waals surface area contributed by atoms with Crippen LogP contribution in [-0.4, -0.2) is 28.5 Å². The summed E-state index contributed by atoms with van der Waals surface area (Å²) >= 11 is 0. The molecule has 0 aliphatic carbocycles. The Morgan fingerprint density at radius 2 is 1.93 bits per heavy atom. The average molecular weight is 369 g/mol. The summed E-state index contributed by atoms with van der Waals surface area (Å²) in [6.07, 6.45) is 14.0. The minimum absolute atomic E-state index is 0.0733. The third kappa shape index (κ3) is 4.91. The quantitative estimate of drug-likeness (QED) is 0.484. The second-order valence-corrected chi connectivity index (χ2v) is 7.80. The summed E-state index contributed by atoms with van der Waals surface area (Å²) in [5, 5.41) is 20.2. The van der Waals surface area contributed by atoms with Crippen LogP contribution in [0.1, 0.15) is 51.0 Å². The Morgan fingerprint density at radius 1 is 1.19 bits per heavy atom. The summed E-state index contributed by atoms with van der Waals surface area (Å²) in [6.45, 7) is 3.91. The van der Waals surface area contributed by atoms with Crippen LogP contribution in [0.5, 0.6) is 0 Å². The van der Waals surface area contributed by atoms with Crippen LogP contribution in [0, 0.1) is 11.8 Å². The summed E-state index contributed by atoms with van der Waals surface area (Å²) in [7, 11) is 0. The molecule has 0 radical (unpaired) electrons. The number of fused-ring (bicyclic) bond motifs is 2. The lowest BCUT2D eigenvalue weighted by atomic mass is 9.77. The number of aliphatic hydroxyl groups is 2. The van der Waals surface area contributed by atoms with Gasteiger partial charge in [0.25, 0.3) is 0 Å². The number of hydrogen-bond acceptors (Lipinski definition) is 3. The molecule has 6 atom stereocenters. The maximum Gasteiger partial charge on any atom is 0.0917 e. The summed E-state index contributed by atoms with van der Waals surface area (Å²) in [6, 6.07) is 10.2. The van der Waals surface area contributed by atoms with E-state index in [9.17, 15) is 10.2 Å². The first-order chi connectivity index (χ1) is 13.1. The summed E-state index contributed by atoms with van der Waals surface area (Å²) in [5.74, 6) is 1.30. The largest absolute Gasteiger partial charge is 0.512 e. The highest BCUT2D eigenvalue weighted by Crippen LogP contribution is 2.46. The number of rotatable bonds is 8. The highest BCUT2D eigenvalue weighted by atomic mass is 16.5. The van der Waals surface area contributed by atoms with Crippen LogP contribution in [0.25, 0.3) is 0 Å². The predicted octanol–water partition coefficient (Wildman–Crippen LogP) is 5.30. The second-order valence-electron chi connectivity index (χ2n) is 7.80. The molecule has 0 spiro atoms. The Kier molecular flexibility index (Phi) is 6.92. The Balaban J connectivity index is 1.60. The lowest BCUT2D eigenvalue weighted by Crippen LogP contribution is -2.26. The van der Waals surface area contributed by atoms with E-state index in [4.69, 9.17) is 4.74 Å². The van der Waals surface area contributed by atoms with Crippen molar-refractivity contribution in [1.82, 2.24) is 0 Å². The first kappa shape index (κ1) is 19.9. The summed E-state index contributed by atoms with van der Waals surface area (Å²) in [5.41, 5.74) is 1.15. The van der Waals surface area contributed by atoms with Gasteiger partial charge in [0, 0.05) is 18.3 Å². The molecule has 1 aromatic carbocycles. The van der Waals surface area contributed by atoms with E-state index >= 15 is 0 Å². The normalized spacial score (nSPS) is 30.4. The van der Waals surface area contributed by atoms with Crippen molar-refractivity contribution in [2.45, 2.75) is 63.8 Å². The molecule has 27 heavy (non-hydrogen) atoms. The Hall–Kier alpha value is -1.84. The molecule has 0 saturated carbocycles. The van der Waals surface area contributed by atoms with E-state index in [1.807, 2.05) is 37.3 Å². The fraction of sp³-hybridized carbons (Fsp3) is 0.500. The molecule has 3 heteroatoms. The summed E-state index contributed by atoms with van der Waals surface area (Å²) in [4.78, 5) is 0. The minimum Gasteiger partial charge on any atom is -0.512 e. The zero-order valence-corrected chi connectivity index (χ0v) is 16.4. The SMILES string of the molecule is C/C=C(/O)C/C=C\C[C@@H]1[C@H](/C=C/C(O)C(C)c2ccccc2)[C@@H]2CC[C@H]1O2. The molecular weight excluding hydrogens is 336 g/mol. The van der Waals surface area contributed by atoms with Crippen molar-refractivity contribution in [3.8, 4) is 0 Å². The monoisotopic (exact) mass is 368 g/mol. The molecule has 2 N–H and O–H groups in total. The van der Waals surface area contributed by atoms with E-state index < -0.39 is 6.10 Å². The van der Waals surface area contributed by atoms with Gasteiger partial charge in [0.1, 0.15) is 0 Å². The molecule has 2 fully saturated rings. The second kappa shape index (κ2) is 9.38. The van der Waals surface area contributed by atoms with Gasteiger partial charge in [-0.05, 0) is 43.7 Å². The smallest absolute Gasteiger partial charge is 0.0917 e. The molecule has 0 amide bonds. The fourth-order valence-electron chi connectivity index (χ4n) is 4.32. The van der Waals surface area contributed by atoms with Crippen molar-refractivity contribution in [1.29, 1.82) is 0 Å². The van der Waals surface area contributed by atoms with Gasteiger partial charge in [-0.15, -0.1) is 0 Å². The standard InChI is InChI=1S/C24H32O3/c1-3-19(25)11-7-8-12-20-21(24-16-15-23(20)27-24)13-14-22(26)17(2)18-9-5-4-6-10-18/h3-10,13-14,17,20-26H,11-12,15-16H2,1-2H3/b8-7-,14-13+,19-3+/t17?,20-,21+,22?,23-,24+/m1/s1. The molecule has 2 saturated heterocycles. The van der Waals surface area contributed by atoms with Gasteiger partial charge in [-0.1, -0.05) is 61.6 Å². The van der Waals surface area contributed by atoms with Crippen molar-refractivity contribution in [2.24, 2.45) is 11.8 Å². The van der Waals surface area contributed by atoms with Crippen molar-refractivity contribution in [3.05, 3.63) is 72.0 Å². The van der Waals surface area contributed by atoms with E-state index in [1.165, 1.54) is 0 Å². The van der Waals surface area contributed by atoms with Gasteiger partial charge in [-0.2, -0.15) is 0 Å². The van der Waals surface area contributed by atoms with E-state index in [0.717, 1.165) is 24.8 Å².